The van der Waals surface area contributed by atoms with Crippen LogP contribution >= 0.6 is 23.2 Å². The van der Waals surface area contributed by atoms with E-state index in [4.69, 9.17) is 23.2 Å². The van der Waals surface area contributed by atoms with Gasteiger partial charge in [-0.2, -0.15) is 0 Å². The number of rotatable bonds is 2. The third-order valence-corrected chi connectivity index (χ3v) is 6.40. The van der Waals surface area contributed by atoms with Crippen LogP contribution in [0.5, 0.6) is 0 Å². The van der Waals surface area contributed by atoms with Crippen molar-refractivity contribution in [1.29, 1.82) is 0 Å². The Hall–Kier alpha value is -2.83. The molecule has 32 heavy (non-hydrogen) atoms. The number of aromatic carboxylic acids is 1. The van der Waals surface area contributed by atoms with Gasteiger partial charge in [-0.1, -0.05) is 43.1 Å². The standard InChI is InChI=1S/C24H22Cl2N2O4/c1-12(29)28-19-7-4-13(23(31)32)8-17(19)27-18-10-24(2,3)11-20(30)21(18)22(28)15-6-5-14(25)9-16(15)26/h4-9,22,27H,10-11H2,1-3H3,(H,31,32). The first-order valence-corrected chi connectivity index (χ1v) is 10.9. The number of carbonyl (C=O) groups is 3. The van der Waals surface area contributed by atoms with E-state index in [1.165, 1.54) is 24.0 Å². The minimum Gasteiger partial charge on any atom is -0.478 e. The Labute approximate surface area is 195 Å². The molecule has 0 aromatic heterocycles. The molecule has 1 aliphatic carbocycles. The van der Waals surface area contributed by atoms with Gasteiger partial charge in [-0.25, -0.2) is 4.79 Å². The van der Waals surface area contributed by atoms with Crippen molar-refractivity contribution in [3.8, 4) is 0 Å². The number of Topliss-reactive ketones (excluding diaryl/α,β-unsaturated/α-hetero) is 1. The number of nitrogens with zero attached hydrogens (tertiary/aromatic N) is 1. The molecule has 1 aliphatic heterocycles. The van der Waals surface area contributed by atoms with Crippen molar-refractivity contribution in [1.82, 2.24) is 0 Å². The van der Waals surface area contributed by atoms with Crippen LogP contribution in [0.2, 0.25) is 10.0 Å². The lowest BCUT2D eigenvalue weighted by atomic mass is 9.73. The van der Waals surface area contributed by atoms with Crippen molar-refractivity contribution in [3.05, 3.63) is 68.8 Å². The summed E-state index contributed by atoms with van der Waals surface area (Å²) in [5.41, 5.74) is 2.39. The maximum atomic E-state index is 13.5. The van der Waals surface area contributed by atoms with Crippen LogP contribution in [-0.2, 0) is 9.59 Å². The monoisotopic (exact) mass is 472 g/mol. The number of allylic oxidation sites excluding steroid dienone is 1. The number of hydrogen-bond donors (Lipinski definition) is 2. The van der Waals surface area contributed by atoms with E-state index in [9.17, 15) is 19.5 Å². The molecule has 0 radical (unpaired) electrons. The van der Waals surface area contributed by atoms with Gasteiger partial charge in [0.2, 0.25) is 5.91 Å². The van der Waals surface area contributed by atoms with Gasteiger partial charge in [0.05, 0.1) is 23.0 Å². The number of ketones is 1. The second-order valence-corrected chi connectivity index (χ2v) is 9.80. The van der Waals surface area contributed by atoms with Gasteiger partial charge in [-0.15, -0.1) is 0 Å². The van der Waals surface area contributed by atoms with E-state index in [1.807, 2.05) is 13.8 Å². The Kier molecular flexibility index (Phi) is 5.55. The molecule has 2 aromatic carbocycles. The Bertz CT molecular complexity index is 1200. The zero-order chi connectivity index (χ0) is 23.4. The largest absolute Gasteiger partial charge is 0.478 e. The fourth-order valence-corrected chi connectivity index (χ4v) is 5.05. The van der Waals surface area contributed by atoms with Gasteiger partial charge in [0.1, 0.15) is 0 Å². The normalized spacial score (nSPS) is 19.6. The Morgan fingerprint density at radius 3 is 2.47 bits per heavy atom. The van der Waals surface area contributed by atoms with Crippen LogP contribution < -0.4 is 10.2 Å². The van der Waals surface area contributed by atoms with Gasteiger partial charge in [0, 0.05) is 34.7 Å². The van der Waals surface area contributed by atoms with Crippen molar-refractivity contribution in [2.45, 2.75) is 39.7 Å². The lowest BCUT2D eigenvalue weighted by Crippen LogP contribution is -2.38. The number of hydrogen-bond acceptors (Lipinski definition) is 4. The molecule has 0 fully saturated rings. The highest BCUT2D eigenvalue weighted by molar-refractivity contribution is 6.35. The second kappa shape index (κ2) is 7.94. The van der Waals surface area contributed by atoms with Crippen LogP contribution in [-0.4, -0.2) is 22.8 Å². The van der Waals surface area contributed by atoms with Gasteiger partial charge in [-0.3, -0.25) is 14.5 Å². The average molecular weight is 473 g/mol. The molecule has 2 N–H and O–H groups in total. The summed E-state index contributed by atoms with van der Waals surface area (Å²) in [7, 11) is 0. The molecule has 0 saturated carbocycles. The van der Waals surface area contributed by atoms with Crippen LogP contribution in [0.1, 0.15) is 55.6 Å². The number of nitrogens with one attached hydrogen (secondary N) is 1. The summed E-state index contributed by atoms with van der Waals surface area (Å²) in [5, 5.41) is 13.5. The van der Waals surface area contributed by atoms with E-state index in [0.717, 1.165) is 0 Å². The Morgan fingerprint density at radius 1 is 1.12 bits per heavy atom. The summed E-state index contributed by atoms with van der Waals surface area (Å²) in [6, 6.07) is 8.70. The van der Waals surface area contributed by atoms with E-state index < -0.39 is 12.0 Å². The first kappa shape index (κ1) is 22.4. The molecular weight excluding hydrogens is 451 g/mol. The number of carboxylic acids is 1. The summed E-state index contributed by atoms with van der Waals surface area (Å²) in [6.07, 6.45) is 0.871. The number of carboxylic acid groups (broad SMARTS) is 1. The molecule has 4 rings (SSSR count). The summed E-state index contributed by atoms with van der Waals surface area (Å²) < 4.78 is 0. The first-order chi connectivity index (χ1) is 15.0. The molecule has 0 saturated heterocycles. The van der Waals surface area contributed by atoms with Crippen LogP contribution in [0.4, 0.5) is 11.4 Å². The molecule has 2 aliphatic rings. The predicted octanol–water partition coefficient (Wildman–Crippen LogP) is 5.85. The second-order valence-electron chi connectivity index (χ2n) is 8.95. The SMILES string of the molecule is CC(=O)N1c2ccc(C(=O)O)cc2NC2=C(C(=O)CC(C)(C)C2)C1c1ccc(Cl)cc1Cl. The van der Waals surface area contributed by atoms with E-state index in [0.29, 0.717) is 51.1 Å². The van der Waals surface area contributed by atoms with E-state index in [1.54, 1.807) is 24.3 Å². The summed E-state index contributed by atoms with van der Waals surface area (Å²) in [4.78, 5) is 39.5. The number of fused-ring (bicyclic) bond motifs is 1. The lowest BCUT2D eigenvalue weighted by molar-refractivity contribution is -0.118. The average Bonchev–Trinajstić information content (AvgIpc) is 2.80. The van der Waals surface area contributed by atoms with Crippen LogP contribution in [0.15, 0.2) is 47.7 Å². The van der Waals surface area contributed by atoms with Crippen molar-refractivity contribution in [2.24, 2.45) is 5.41 Å². The Balaban J connectivity index is 2.05. The molecular formula is C24H22Cl2N2O4. The molecule has 1 heterocycles. The number of benzene rings is 2. The minimum absolute atomic E-state index is 0.0753. The fraction of sp³-hybridized carbons (Fsp3) is 0.292. The summed E-state index contributed by atoms with van der Waals surface area (Å²) in [6.45, 7) is 5.42. The fourth-order valence-electron chi connectivity index (χ4n) is 4.54. The zero-order valence-corrected chi connectivity index (χ0v) is 19.3. The highest BCUT2D eigenvalue weighted by Crippen LogP contribution is 2.49. The predicted molar refractivity (Wildman–Crippen MR) is 124 cm³/mol. The molecule has 2 aromatic rings. The summed E-state index contributed by atoms with van der Waals surface area (Å²) in [5.74, 6) is -1.48. The number of amides is 1. The molecule has 0 spiro atoms. The molecule has 0 bridgehead atoms. The quantitative estimate of drug-likeness (QED) is 0.571. The Morgan fingerprint density at radius 2 is 1.84 bits per heavy atom. The summed E-state index contributed by atoms with van der Waals surface area (Å²) >= 11 is 12.7. The molecule has 1 unspecified atom stereocenters. The molecule has 8 heteroatoms. The van der Waals surface area contributed by atoms with Crippen LogP contribution in [0, 0.1) is 5.41 Å². The smallest absolute Gasteiger partial charge is 0.335 e. The number of anilines is 2. The molecule has 166 valence electrons. The maximum absolute atomic E-state index is 13.5. The van der Waals surface area contributed by atoms with Gasteiger partial charge < -0.3 is 10.4 Å². The third-order valence-electron chi connectivity index (χ3n) is 5.84. The van der Waals surface area contributed by atoms with Crippen LogP contribution in [0.3, 0.4) is 0 Å². The number of halogens is 2. The topological polar surface area (TPSA) is 86.7 Å². The van der Waals surface area contributed by atoms with E-state index >= 15 is 0 Å². The van der Waals surface area contributed by atoms with E-state index in [2.05, 4.69) is 5.32 Å². The maximum Gasteiger partial charge on any atom is 0.335 e. The van der Waals surface area contributed by atoms with Gasteiger partial charge in [0.25, 0.3) is 0 Å². The van der Waals surface area contributed by atoms with Gasteiger partial charge in [0.15, 0.2) is 5.78 Å². The van der Waals surface area contributed by atoms with E-state index in [-0.39, 0.29) is 22.7 Å². The van der Waals surface area contributed by atoms with Crippen molar-refractivity contribution in [2.75, 3.05) is 10.2 Å². The third kappa shape index (κ3) is 3.89. The highest BCUT2D eigenvalue weighted by atomic mass is 35.5. The van der Waals surface area contributed by atoms with Gasteiger partial charge >= 0.3 is 5.97 Å². The molecule has 1 atom stereocenters. The molecule has 6 nitrogen and oxygen atoms in total. The van der Waals surface area contributed by atoms with Crippen molar-refractivity contribution < 1.29 is 19.5 Å². The van der Waals surface area contributed by atoms with Gasteiger partial charge in [-0.05, 0) is 47.7 Å². The minimum atomic E-state index is -1.08. The highest BCUT2D eigenvalue weighted by Gasteiger charge is 2.43. The molecule has 1 amide bonds. The van der Waals surface area contributed by atoms with Crippen molar-refractivity contribution >= 4 is 52.2 Å². The van der Waals surface area contributed by atoms with Crippen LogP contribution in [0.25, 0.3) is 0 Å². The zero-order valence-electron chi connectivity index (χ0n) is 17.8. The number of carbonyl (C=O) groups excluding carboxylic acids is 2. The van der Waals surface area contributed by atoms with Crippen molar-refractivity contribution in [3.63, 3.8) is 0 Å². The lowest BCUT2D eigenvalue weighted by Gasteiger charge is -2.37. The first-order valence-electron chi connectivity index (χ1n) is 10.1.